The van der Waals surface area contributed by atoms with Gasteiger partial charge < -0.3 is 20.1 Å². The maximum atomic E-state index is 9.67. The van der Waals surface area contributed by atoms with Crippen LogP contribution in [0.4, 0.5) is 5.69 Å². The van der Waals surface area contributed by atoms with Crippen LogP contribution in [0.5, 0.6) is 0 Å². The van der Waals surface area contributed by atoms with Crippen molar-refractivity contribution in [1.29, 1.82) is 0 Å². The average Bonchev–Trinajstić information content (AvgIpc) is 2.92. The van der Waals surface area contributed by atoms with Gasteiger partial charge in [-0.05, 0) is 43.2 Å². The van der Waals surface area contributed by atoms with Crippen molar-refractivity contribution in [2.75, 3.05) is 11.9 Å². The number of aliphatic imine (C=N–C) groups is 2. The standard InChI is InChI=1S/C16H22BN3O3/c1-4-13(9-21)19-16(11(2)8-18-3)20-14-5-6-15-12(7-14)10-23-17(15)22/h5-8,13,21-22H,3-4,9-10H2,1-2H3,(H,19,20)/b11-8-. The minimum Gasteiger partial charge on any atom is -0.423 e. The Balaban J connectivity index is 2.27. The minimum atomic E-state index is -0.849. The van der Waals surface area contributed by atoms with Crippen molar-refractivity contribution < 1.29 is 14.8 Å². The summed E-state index contributed by atoms with van der Waals surface area (Å²) in [5.74, 6) is 0.637. The lowest BCUT2D eigenvalue weighted by Crippen LogP contribution is -2.28. The molecule has 3 N–H and O–H groups in total. The minimum absolute atomic E-state index is 0.0132. The molecule has 0 bridgehead atoms. The van der Waals surface area contributed by atoms with Crippen molar-refractivity contribution in [2.24, 2.45) is 9.98 Å². The fourth-order valence-corrected chi connectivity index (χ4v) is 2.32. The van der Waals surface area contributed by atoms with Crippen LogP contribution in [0.3, 0.4) is 0 Å². The summed E-state index contributed by atoms with van der Waals surface area (Å²) in [6.07, 6.45) is 2.36. The van der Waals surface area contributed by atoms with Gasteiger partial charge >= 0.3 is 7.12 Å². The van der Waals surface area contributed by atoms with E-state index in [0.29, 0.717) is 12.4 Å². The predicted molar refractivity (Wildman–Crippen MR) is 94.4 cm³/mol. The molecule has 1 aliphatic rings. The lowest BCUT2D eigenvalue weighted by atomic mass is 9.79. The zero-order valence-electron chi connectivity index (χ0n) is 13.5. The second-order valence-electron chi connectivity index (χ2n) is 5.42. The van der Waals surface area contributed by atoms with E-state index < -0.39 is 7.12 Å². The molecule has 0 saturated heterocycles. The van der Waals surface area contributed by atoms with Gasteiger partial charge in [0.05, 0.1) is 19.3 Å². The van der Waals surface area contributed by atoms with E-state index in [4.69, 9.17) is 4.65 Å². The summed E-state index contributed by atoms with van der Waals surface area (Å²) in [5, 5.41) is 22.3. The van der Waals surface area contributed by atoms with Gasteiger partial charge in [0.2, 0.25) is 0 Å². The second kappa shape index (κ2) is 8.05. The molecule has 6 nitrogen and oxygen atoms in total. The van der Waals surface area contributed by atoms with Gasteiger partial charge in [-0.25, -0.2) is 0 Å². The summed E-state index contributed by atoms with van der Waals surface area (Å²) < 4.78 is 5.20. The number of fused-ring (bicyclic) bond motifs is 1. The molecule has 7 heteroatoms. The lowest BCUT2D eigenvalue weighted by Gasteiger charge is -2.14. The van der Waals surface area contributed by atoms with E-state index in [1.54, 1.807) is 6.20 Å². The van der Waals surface area contributed by atoms with Crippen molar-refractivity contribution in [3.05, 3.63) is 35.5 Å². The van der Waals surface area contributed by atoms with E-state index in [1.807, 2.05) is 32.0 Å². The number of hydrogen-bond donors (Lipinski definition) is 3. The van der Waals surface area contributed by atoms with Crippen LogP contribution in [-0.4, -0.2) is 42.5 Å². The molecule has 0 saturated carbocycles. The van der Waals surface area contributed by atoms with E-state index in [-0.39, 0.29) is 12.6 Å². The van der Waals surface area contributed by atoms with E-state index in [2.05, 4.69) is 22.0 Å². The summed E-state index contributed by atoms with van der Waals surface area (Å²) in [6.45, 7) is 7.69. The third-order valence-corrected chi connectivity index (χ3v) is 3.72. The molecule has 1 atom stereocenters. The lowest BCUT2D eigenvalue weighted by molar-refractivity contribution is 0.264. The molecule has 1 aliphatic heterocycles. The molecule has 122 valence electrons. The van der Waals surface area contributed by atoms with Crippen molar-refractivity contribution in [1.82, 2.24) is 0 Å². The molecule has 1 unspecified atom stereocenters. The monoisotopic (exact) mass is 315 g/mol. The Hall–Kier alpha value is -1.96. The molecule has 0 amide bonds. The summed E-state index contributed by atoms with van der Waals surface area (Å²) in [5.41, 5.74) is 3.39. The van der Waals surface area contributed by atoms with Gasteiger partial charge in [-0.1, -0.05) is 13.0 Å². The highest BCUT2D eigenvalue weighted by Crippen LogP contribution is 2.17. The number of aliphatic hydroxyl groups is 1. The van der Waals surface area contributed by atoms with Crippen molar-refractivity contribution in [2.45, 2.75) is 32.9 Å². The molecular weight excluding hydrogens is 293 g/mol. The fourth-order valence-electron chi connectivity index (χ4n) is 2.32. The molecule has 1 heterocycles. The number of nitrogens with zero attached hydrogens (tertiary/aromatic N) is 2. The summed E-state index contributed by atoms with van der Waals surface area (Å²) in [7, 11) is -0.849. The molecule has 0 aliphatic carbocycles. The largest absolute Gasteiger partial charge is 0.491 e. The first-order valence-corrected chi connectivity index (χ1v) is 7.60. The van der Waals surface area contributed by atoms with Crippen LogP contribution in [-0.2, 0) is 11.3 Å². The number of aliphatic hydroxyl groups excluding tert-OH is 1. The molecule has 0 aromatic heterocycles. The van der Waals surface area contributed by atoms with Gasteiger partial charge in [0, 0.05) is 17.5 Å². The Morgan fingerprint density at radius 1 is 1.57 bits per heavy atom. The number of nitrogens with one attached hydrogen (secondary N) is 1. The molecule has 1 aromatic carbocycles. The first-order chi connectivity index (χ1) is 11.1. The van der Waals surface area contributed by atoms with Gasteiger partial charge in [-0.2, -0.15) is 0 Å². The topological polar surface area (TPSA) is 86.4 Å². The predicted octanol–water partition coefficient (Wildman–Crippen LogP) is 1.09. The fraction of sp³-hybridized carbons (Fsp3) is 0.375. The molecule has 0 fully saturated rings. The Morgan fingerprint density at radius 2 is 2.35 bits per heavy atom. The SMILES string of the molecule is C=N/C=C(/C)C(=NC(CC)CO)Nc1ccc2c(c1)COB2O. The zero-order chi connectivity index (χ0) is 16.8. The van der Waals surface area contributed by atoms with Gasteiger partial charge in [0.15, 0.2) is 0 Å². The molecule has 2 rings (SSSR count). The molecule has 0 radical (unpaired) electrons. The van der Waals surface area contributed by atoms with Crippen molar-refractivity contribution >= 4 is 30.8 Å². The zero-order valence-corrected chi connectivity index (χ0v) is 13.5. The van der Waals surface area contributed by atoms with Crippen LogP contribution in [0.1, 0.15) is 25.8 Å². The number of benzene rings is 1. The van der Waals surface area contributed by atoms with E-state index in [1.165, 1.54) is 0 Å². The highest BCUT2D eigenvalue weighted by Gasteiger charge is 2.27. The summed E-state index contributed by atoms with van der Waals surface area (Å²) in [4.78, 5) is 8.33. The summed E-state index contributed by atoms with van der Waals surface area (Å²) >= 11 is 0. The number of rotatable bonds is 6. The Bertz CT molecular complexity index is 627. The average molecular weight is 315 g/mol. The smallest absolute Gasteiger partial charge is 0.423 e. The van der Waals surface area contributed by atoms with Crippen LogP contribution in [0.25, 0.3) is 0 Å². The number of hydrogen-bond acceptors (Lipinski definition) is 5. The van der Waals surface area contributed by atoms with Crippen LogP contribution >= 0.6 is 0 Å². The van der Waals surface area contributed by atoms with E-state index >= 15 is 0 Å². The van der Waals surface area contributed by atoms with Crippen molar-refractivity contribution in [3.8, 4) is 0 Å². The number of amidine groups is 1. The van der Waals surface area contributed by atoms with Crippen LogP contribution in [0.15, 0.2) is 40.0 Å². The normalized spacial score (nSPS) is 16.3. The van der Waals surface area contributed by atoms with E-state index in [9.17, 15) is 10.1 Å². The Kier molecular flexibility index (Phi) is 6.09. The van der Waals surface area contributed by atoms with Gasteiger partial charge in [0.25, 0.3) is 0 Å². The molecule has 23 heavy (non-hydrogen) atoms. The van der Waals surface area contributed by atoms with Crippen LogP contribution < -0.4 is 10.8 Å². The highest BCUT2D eigenvalue weighted by atomic mass is 16.5. The van der Waals surface area contributed by atoms with Gasteiger partial charge in [0.1, 0.15) is 5.84 Å². The number of anilines is 1. The summed E-state index contributed by atoms with van der Waals surface area (Å²) in [6, 6.07) is 5.45. The van der Waals surface area contributed by atoms with Gasteiger partial charge in [-0.3, -0.25) is 9.98 Å². The first-order valence-electron chi connectivity index (χ1n) is 7.60. The van der Waals surface area contributed by atoms with Crippen molar-refractivity contribution in [3.63, 3.8) is 0 Å². The maximum Gasteiger partial charge on any atom is 0.491 e. The quantitative estimate of drug-likeness (QED) is 0.417. The first kappa shape index (κ1) is 17.4. The Labute approximate surface area is 136 Å². The van der Waals surface area contributed by atoms with Gasteiger partial charge in [-0.15, -0.1) is 0 Å². The molecular formula is C16H22BN3O3. The second-order valence-corrected chi connectivity index (χ2v) is 5.42. The van der Waals surface area contributed by atoms with E-state index in [0.717, 1.165) is 28.7 Å². The third kappa shape index (κ3) is 4.28. The molecule has 1 aromatic rings. The molecule has 0 spiro atoms. The van der Waals surface area contributed by atoms with Crippen LogP contribution in [0, 0.1) is 0 Å². The third-order valence-electron chi connectivity index (χ3n) is 3.72. The van der Waals surface area contributed by atoms with Crippen LogP contribution in [0.2, 0.25) is 0 Å². The highest BCUT2D eigenvalue weighted by molar-refractivity contribution is 6.61. The maximum absolute atomic E-state index is 9.67. The Morgan fingerprint density at radius 3 is 3.00 bits per heavy atom.